The third-order valence-corrected chi connectivity index (χ3v) is 2.60. The molecular formula is C9H11BrFNO. The maximum absolute atomic E-state index is 13.3. The highest BCUT2D eigenvalue weighted by Gasteiger charge is 2.15. The molecule has 1 atom stereocenters. The van der Waals surface area contributed by atoms with Gasteiger partial charge in [0.1, 0.15) is 5.82 Å². The molecule has 0 saturated carbocycles. The Morgan fingerprint density at radius 1 is 1.62 bits per heavy atom. The van der Waals surface area contributed by atoms with E-state index in [-0.39, 0.29) is 11.9 Å². The molecule has 1 aromatic carbocycles. The van der Waals surface area contributed by atoms with Crippen molar-refractivity contribution in [3.05, 3.63) is 34.1 Å². The minimum absolute atomic E-state index is 0.317. The van der Waals surface area contributed by atoms with Crippen LogP contribution in [0.5, 0.6) is 0 Å². The van der Waals surface area contributed by atoms with E-state index >= 15 is 0 Å². The van der Waals surface area contributed by atoms with Gasteiger partial charge in [-0.15, -0.1) is 0 Å². The van der Waals surface area contributed by atoms with Crippen LogP contribution in [0.3, 0.4) is 0 Å². The molecule has 1 aromatic rings. The number of hydroxylamine groups is 1. The molecule has 0 aliphatic carbocycles. The van der Waals surface area contributed by atoms with Crippen LogP contribution in [0.25, 0.3) is 0 Å². The summed E-state index contributed by atoms with van der Waals surface area (Å²) in [5, 5.41) is 8.79. The molecule has 1 rings (SSSR count). The van der Waals surface area contributed by atoms with E-state index < -0.39 is 0 Å². The second-order valence-electron chi connectivity index (χ2n) is 2.73. The predicted octanol–water partition coefficient (Wildman–Crippen LogP) is 3.02. The Morgan fingerprint density at radius 2 is 2.31 bits per heavy atom. The fourth-order valence-electron chi connectivity index (χ4n) is 1.20. The molecule has 0 bridgehead atoms. The molecule has 2 nitrogen and oxygen atoms in total. The van der Waals surface area contributed by atoms with E-state index in [1.165, 1.54) is 6.07 Å². The standard InChI is InChI=1S/C9H11BrFNO/c1-2-8(12-13)9-6(10)4-3-5-7(9)11/h3-5,8,12-13H,2H2,1H3. The maximum Gasteiger partial charge on any atom is 0.129 e. The maximum atomic E-state index is 13.3. The van der Waals surface area contributed by atoms with Crippen LogP contribution in [0.1, 0.15) is 24.9 Å². The molecule has 13 heavy (non-hydrogen) atoms. The molecule has 4 heteroatoms. The lowest BCUT2D eigenvalue weighted by Crippen LogP contribution is -2.17. The van der Waals surface area contributed by atoms with Gasteiger partial charge in [-0.3, -0.25) is 0 Å². The van der Waals surface area contributed by atoms with E-state index in [0.717, 1.165) is 0 Å². The van der Waals surface area contributed by atoms with Crippen LogP contribution in [-0.2, 0) is 0 Å². The molecule has 72 valence electrons. The lowest BCUT2D eigenvalue weighted by molar-refractivity contribution is 0.122. The molecule has 0 amide bonds. The second-order valence-corrected chi connectivity index (χ2v) is 3.58. The normalized spacial score (nSPS) is 12.9. The van der Waals surface area contributed by atoms with Crippen molar-refractivity contribution in [3.8, 4) is 0 Å². The summed E-state index contributed by atoms with van der Waals surface area (Å²) in [7, 11) is 0. The average molecular weight is 248 g/mol. The zero-order chi connectivity index (χ0) is 9.84. The van der Waals surface area contributed by atoms with Gasteiger partial charge < -0.3 is 5.21 Å². The SMILES string of the molecule is CCC(NO)c1c(F)cccc1Br. The van der Waals surface area contributed by atoms with E-state index in [1.807, 2.05) is 6.92 Å². The predicted molar refractivity (Wildman–Crippen MR) is 52.1 cm³/mol. The third kappa shape index (κ3) is 2.27. The largest absolute Gasteiger partial charge is 0.316 e. The first-order valence-electron chi connectivity index (χ1n) is 4.04. The molecule has 1 unspecified atom stereocenters. The minimum Gasteiger partial charge on any atom is -0.316 e. The lowest BCUT2D eigenvalue weighted by atomic mass is 10.1. The summed E-state index contributed by atoms with van der Waals surface area (Å²) in [5.41, 5.74) is 2.54. The van der Waals surface area contributed by atoms with Gasteiger partial charge in [0.25, 0.3) is 0 Å². The van der Waals surface area contributed by atoms with Crippen LogP contribution in [-0.4, -0.2) is 5.21 Å². The van der Waals surface area contributed by atoms with E-state index in [1.54, 1.807) is 12.1 Å². The van der Waals surface area contributed by atoms with Crippen LogP contribution in [0.4, 0.5) is 4.39 Å². The first-order chi connectivity index (χ1) is 6.20. The van der Waals surface area contributed by atoms with Crippen LogP contribution < -0.4 is 5.48 Å². The number of benzene rings is 1. The Kier molecular flexibility index (Phi) is 3.84. The van der Waals surface area contributed by atoms with Crippen LogP contribution >= 0.6 is 15.9 Å². The summed E-state index contributed by atoms with van der Waals surface area (Å²) in [6.45, 7) is 1.87. The summed E-state index contributed by atoms with van der Waals surface area (Å²) in [5.74, 6) is -0.317. The lowest BCUT2D eigenvalue weighted by Gasteiger charge is -2.15. The molecule has 0 aromatic heterocycles. The van der Waals surface area contributed by atoms with Gasteiger partial charge in [-0.05, 0) is 18.6 Å². The number of nitrogens with one attached hydrogen (secondary N) is 1. The van der Waals surface area contributed by atoms with Crippen LogP contribution in [0.15, 0.2) is 22.7 Å². The van der Waals surface area contributed by atoms with Gasteiger partial charge in [0.2, 0.25) is 0 Å². The third-order valence-electron chi connectivity index (χ3n) is 1.91. The number of hydrogen-bond donors (Lipinski definition) is 2. The smallest absolute Gasteiger partial charge is 0.129 e. The molecule has 0 aliphatic heterocycles. The molecule has 0 spiro atoms. The minimum atomic E-state index is -0.365. The molecule has 0 saturated heterocycles. The van der Waals surface area contributed by atoms with Crippen molar-refractivity contribution in [2.45, 2.75) is 19.4 Å². The topological polar surface area (TPSA) is 32.3 Å². The second kappa shape index (κ2) is 4.69. The molecule has 0 aliphatic rings. The van der Waals surface area contributed by atoms with Gasteiger partial charge in [0.05, 0.1) is 6.04 Å². The Balaban J connectivity index is 3.10. The van der Waals surface area contributed by atoms with Gasteiger partial charge in [-0.25, -0.2) is 4.39 Å². The van der Waals surface area contributed by atoms with Crippen LogP contribution in [0.2, 0.25) is 0 Å². The highest BCUT2D eigenvalue weighted by atomic mass is 79.9. The monoisotopic (exact) mass is 247 g/mol. The van der Waals surface area contributed by atoms with E-state index in [0.29, 0.717) is 16.5 Å². The Morgan fingerprint density at radius 3 is 2.77 bits per heavy atom. The van der Waals surface area contributed by atoms with Crippen molar-refractivity contribution < 1.29 is 9.60 Å². The molecule has 0 radical (unpaired) electrons. The summed E-state index contributed by atoms with van der Waals surface area (Å²) in [4.78, 5) is 0. The molecule has 2 N–H and O–H groups in total. The van der Waals surface area contributed by atoms with Crippen molar-refractivity contribution in [1.29, 1.82) is 0 Å². The summed E-state index contributed by atoms with van der Waals surface area (Å²) >= 11 is 3.24. The van der Waals surface area contributed by atoms with Gasteiger partial charge in [-0.1, -0.05) is 28.9 Å². The van der Waals surface area contributed by atoms with Crippen LogP contribution in [0, 0.1) is 5.82 Å². The number of halogens is 2. The van der Waals surface area contributed by atoms with E-state index in [4.69, 9.17) is 5.21 Å². The summed E-state index contributed by atoms with van der Waals surface area (Å²) < 4.78 is 14.0. The summed E-state index contributed by atoms with van der Waals surface area (Å²) in [6.07, 6.45) is 0.621. The molecular weight excluding hydrogens is 237 g/mol. The fraction of sp³-hybridized carbons (Fsp3) is 0.333. The van der Waals surface area contributed by atoms with Crippen molar-refractivity contribution >= 4 is 15.9 Å². The quantitative estimate of drug-likeness (QED) is 0.806. The van der Waals surface area contributed by atoms with Gasteiger partial charge in [0, 0.05) is 10.0 Å². The number of rotatable bonds is 3. The first-order valence-corrected chi connectivity index (χ1v) is 4.83. The first kappa shape index (κ1) is 10.6. The van der Waals surface area contributed by atoms with Crippen molar-refractivity contribution in [2.75, 3.05) is 0 Å². The number of hydrogen-bond acceptors (Lipinski definition) is 2. The Hall–Kier alpha value is -0.450. The average Bonchev–Trinajstić information content (AvgIpc) is 2.11. The van der Waals surface area contributed by atoms with Gasteiger partial charge >= 0.3 is 0 Å². The van der Waals surface area contributed by atoms with Crippen molar-refractivity contribution in [2.24, 2.45) is 0 Å². The highest BCUT2D eigenvalue weighted by molar-refractivity contribution is 9.10. The van der Waals surface area contributed by atoms with Crippen molar-refractivity contribution in [1.82, 2.24) is 5.48 Å². The van der Waals surface area contributed by atoms with E-state index in [9.17, 15) is 4.39 Å². The zero-order valence-corrected chi connectivity index (χ0v) is 8.81. The zero-order valence-electron chi connectivity index (χ0n) is 7.22. The Bertz CT molecular complexity index is 269. The van der Waals surface area contributed by atoms with Gasteiger partial charge in [-0.2, -0.15) is 5.48 Å². The molecule has 0 heterocycles. The fourth-order valence-corrected chi connectivity index (χ4v) is 1.82. The highest BCUT2D eigenvalue weighted by Crippen LogP contribution is 2.27. The Labute approximate surface area is 84.9 Å². The van der Waals surface area contributed by atoms with E-state index in [2.05, 4.69) is 21.4 Å². The molecule has 0 fully saturated rings. The summed E-state index contributed by atoms with van der Waals surface area (Å²) in [6, 6.07) is 4.38. The van der Waals surface area contributed by atoms with Gasteiger partial charge in [0.15, 0.2) is 0 Å². The van der Waals surface area contributed by atoms with Crippen molar-refractivity contribution in [3.63, 3.8) is 0 Å².